The summed E-state index contributed by atoms with van der Waals surface area (Å²) in [5.74, 6) is -0.726. The summed E-state index contributed by atoms with van der Waals surface area (Å²) in [5, 5.41) is 14.3. The Labute approximate surface area is 130 Å². The van der Waals surface area contributed by atoms with Crippen molar-refractivity contribution in [2.75, 3.05) is 7.05 Å². The highest BCUT2D eigenvalue weighted by Crippen LogP contribution is 2.37. The van der Waals surface area contributed by atoms with Crippen molar-refractivity contribution in [2.24, 2.45) is 7.05 Å². The maximum Gasteiger partial charge on any atom is 0.305 e. The molecule has 2 rings (SSSR count). The monoisotopic (exact) mass is 313 g/mol. The minimum atomic E-state index is -0.726. The first-order valence-electron chi connectivity index (χ1n) is 7.47. The number of carbonyl (C=O) groups is 1. The van der Waals surface area contributed by atoms with Crippen molar-refractivity contribution >= 4 is 17.6 Å². The first-order valence-corrected chi connectivity index (χ1v) is 7.84. The van der Waals surface area contributed by atoms with Crippen molar-refractivity contribution in [3.63, 3.8) is 0 Å². The van der Waals surface area contributed by atoms with Crippen LogP contribution in [-0.4, -0.2) is 38.3 Å². The molecule has 0 saturated heterocycles. The normalized spacial score (nSPS) is 18.1. The van der Waals surface area contributed by atoms with Crippen LogP contribution in [0, 0.1) is 6.92 Å². The van der Waals surface area contributed by atoms with Crippen molar-refractivity contribution < 1.29 is 9.90 Å². The van der Waals surface area contributed by atoms with Crippen molar-refractivity contribution in [3.8, 4) is 0 Å². The van der Waals surface area contributed by atoms with Crippen molar-refractivity contribution in [1.82, 2.24) is 14.7 Å². The number of carboxylic acids is 1. The van der Waals surface area contributed by atoms with Crippen LogP contribution in [0.1, 0.15) is 49.9 Å². The molecule has 1 aliphatic carbocycles. The fourth-order valence-electron chi connectivity index (χ4n) is 3.43. The standard InChI is InChI=1S/C15H24ClN3O2/c1-11-14(16)12(19(3)17-11)10-18(2)15(9-13(20)21)7-5-4-6-8-15/h4-10H2,1-3H3,(H,20,21). The van der Waals surface area contributed by atoms with Gasteiger partial charge < -0.3 is 5.11 Å². The summed E-state index contributed by atoms with van der Waals surface area (Å²) >= 11 is 6.32. The van der Waals surface area contributed by atoms with Crippen LogP contribution in [0.2, 0.25) is 5.02 Å². The largest absolute Gasteiger partial charge is 0.481 e. The van der Waals surface area contributed by atoms with E-state index in [0.29, 0.717) is 11.6 Å². The molecule has 21 heavy (non-hydrogen) atoms. The summed E-state index contributed by atoms with van der Waals surface area (Å²) in [4.78, 5) is 13.5. The van der Waals surface area contributed by atoms with Gasteiger partial charge in [-0.2, -0.15) is 5.10 Å². The molecule has 0 amide bonds. The zero-order valence-electron chi connectivity index (χ0n) is 13.0. The maximum atomic E-state index is 11.3. The van der Waals surface area contributed by atoms with Crippen LogP contribution >= 0.6 is 11.6 Å². The van der Waals surface area contributed by atoms with E-state index in [1.807, 2.05) is 21.0 Å². The number of aliphatic carboxylic acids is 1. The van der Waals surface area contributed by atoms with Gasteiger partial charge in [0.15, 0.2) is 0 Å². The first-order chi connectivity index (χ1) is 9.85. The Hall–Kier alpha value is -1.07. The second-order valence-corrected chi connectivity index (χ2v) is 6.56. The van der Waals surface area contributed by atoms with Gasteiger partial charge in [-0.1, -0.05) is 30.9 Å². The second-order valence-electron chi connectivity index (χ2n) is 6.18. The predicted molar refractivity (Wildman–Crippen MR) is 82.5 cm³/mol. The molecule has 118 valence electrons. The van der Waals surface area contributed by atoms with Crippen LogP contribution in [0.25, 0.3) is 0 Å². The Balaban J connectivity index is 2.22. The van der Waals surface area contributed by atoms with Gasteiger partial charge in [0.1, 0.15) is 0 Å². The van der Waals surface area contributed by atoms with Gasteiger partial charge in [-0.25, -0.2) is 0 Å². The molecule has 0 atom stereocenters. The fraction of sp³-hybridized carbons (Fsp3) is 0.733. The topological polar surface area (TPSA) is 58.4 Å². The van der Waals surface area contributed by atoms with Crippen molar-refractivity contribution in [2.45, 2.75) is 57.5 Å². The van der Waals surface area contributed by atoms with Gasteiger partial charge in [0, 0.05) is 19.1 Å². The van der Waals surface area contributed by atoms with Crippen LogP contribution in [0.5, 0.6) is 0 Å². The molecule has 1 N–H and O–H groups in total. The number of hydrogen-bond donors (Lipinski definition) is 1. The van der Waals surface area contributed by atoms with Gasteiger partial charge in [0.05, 0.1) is 22.8 Å². The summed E-state index contributed by atoms with van der Waals surface area (Å²) in [6.07, 6.45) is 5.44. The highest BCUT2D eigenvalue weighted by atomic mass is 35.5. The van der Waals surface area contributed by atoms with E-state index >= 15 is 0 Å². The minimum Gasteiger partial charge on any atom is -0.481 e. The van der Waals surface area contributed by atoms with Crippen LogP contribution in [0.15, 0.2) is 0 Å². The van der Waals surface area contributed by atoms with Crippen LogP contribution in [0.3, 0.4) is 0 Å². The number of halogens is 1. The molecule has 1 aromatic heterocycles. The molecule has 0 bridgehead atoms. The van der Waals surface area contributed by atoms with Crippen LogP contribution < -0.4 is 0 Å². The summed E-state index contributed by atoms with van der Waals surface area (Å²) in [6, 6.07) is 0. The van der Waals surface area contributed by atoms with Gasteiger partial charge in [-0.15, -0.1) is 0 Å². The molecule has 1 aromatic rings. The number of rotatable bonds is 5. The lowest BCUT2D eigenvalue weighted by Gasteiger charge is -2.44. The van der Waals surface area contributed by atoms with Gasteiger partial charge in [-0.05, 0) is 26.8 Å². The van der Waals surface area contributed by atoms with Gasteiger partial charge >= 0.3 is 5.97 Å². The Morgan fingerprint density at radius 2 is 2.05 bits per heavy atom. The molecule has 1 aliphatic rings. The summed E-state index contributed by atoms with van der Waals surface area (Å²) in [5.41, 5.74) is 1.51. The number of nitrogens with zero attached hydrogens (tertiary/aromatic N) is 3. The van der Waals surface area contributed by atoms with E-state index in [-0.39, 0.29) is 12.0 Å². The predicted octanol–water partition coefficient (Wildman–Crippen LogP) is 2.99. The van der Waals surface area contributed by atoms with E-state index in [2.05, 4.69) is 10.00 Å². The van der Waals surface area contributed by atoms with Crippen LogP contribution in [-0.2, 0) is 18.4 Å². The van der Waals surface area contributed by atoms with E-state index in [1.165, 1.54) is 6.42 Å². The fourth-order valence-corrected chi connectivity index (χ4v) is 3.65. The molecule has 5 nitrogen and oxygen atoms in total. The van der Waals surface area contributed by atoms with Gasteiger partial charge in [0.2, 0.25) is 0 Å². The van der Waals surface area contributed by atoms with Crippen molar-refractivity contribution in [3.05, 3.63) is 16.4 Å². The number of aryl methyl sites for hydroxylation is 2. The summed E-state index contributed by atoms with van der Waals surface area (Å²) in [7, 11) is 3.89. The third-order valence-corrected chi connectivity index (χ3v) is 5.21. The van der Waals surface area contributed by atoms with E-state index in [9.17, 15) is 9.90 Å². The third-order valence-electron chi connectivity index (χ3n) is 4.72. The smallest absolute Gasteiger partial charge is 0.305 e. The zero-order valence-corrected chi connectivity index (χ0v) is 13.8. The SMILES string of the molecule is Cc1nn(C)c(CN(C)C2(CC(=O)O)CCCCC2)c1Cl. The highest BCUT2D eigenvalue weighted by Gasteiger charge is 2.38. The number of hydrogen-bond acceptors (Lipinski definition) is 3. The van der Waals surface area contributed by atoms with Crippen molar-refractivity contribution in [1.29, 1.82) is 0 Å². The Kier molecular flexibility index (Phi) is 4.94. The molecule has 1 saturated carbocycles. The molecular formula is C15H24ClN3O2. The van der Waals surface area contributed by atoms with E-state index in [4.69, 9.17) is 11.6 Å². The number of aromatic nitrogens is 2. The molecule has 0 spiro atoms. The molecule has 0 aliphatic heterocycles. The van der Waals surface area contributed by atoms with E-state index in [0.717, 1.165) is 37.1 Å². The average molecular weight is 314 g/mol. The Morgan fingerprint density at radius 3 is 2.52 bits per heavy atom. The zero-order chi connectivity index (χ0) is 15.6. The molecule has 1 fully saturated rings. The second kappa shape index (κ2) is 6.36. The van der Waals surface area contributed by atoms with Crippen LogP contribution in [0.4, 0.5) is 0 Å². The van der Waals surface area contributed by atoms with Gasteiger partial charge in [-0.3, -0.25) is 14.4 Å². The van der Waals surface area contributed by atoms with Gasteiger partial charge in [0.25, 0.3) is 0 Å². The molecular weight excluding hydrogens is 290 g/mol. The molecule has 0 unspecified atom stereocenters. The maximum absolute atomic E-state index is 11.3. The minimum absolute atomic E-state index is 0.192. The first kappa shape index (κ1) is 16.3. The average Bonchev–Trinajstić information content (AvgIpc) is 2.65. The molecule has 1 heterocycles. The molecule has 0 radical (unpaired) electrons. The third kappa shape index (κ3) is 3.40. The Morgan fingerprint density at radius 1 is 1.43 bits per heavy atom. The molecule has 6 heteroatoms. The lowest BCUT2D eigenvalue weighted by Crippen LogP contribution is -2.49. The lowest BCUT2D eigenvalue weighted by molar-refractivity contribution is -0.141. The summed E-state index contributed by atoms with van der Waals surface area (Å²) in [6.45, 7) is 2.52. The van der Waals surface area contributed by atoms with E-state index < -0.39 is 5.97 Å². The van der Waals surface area contributed by atoms with E-state index in [1.54, 1.807) is 4.68 Å². The molecule has 0 aromatic carbocycles. The highest BCUT2D eigenvalue weighted by molar-refractivity contribution is 6.31. The number of carboxylic acid groups (broad SMARTS) is 1. The Bertz CT molecular complexity index is 521. The summed E-state index contributed by atoms with van der Waals surface area (Å²) < 4.78 is 1.80. The lowest BCUT2D eigenvalue weighted by atomic mass is 9.78. The quantitative estimate of drug-likeness (QED) is 0.908.